The third-order valence-electron chi connectivity index (χ3n) is 3.43. The number of carbonyl (C=O) groups is 3. The third kappa shape index (κ3) is 4.60. The number of hydrogen-bond acceptors (Lipinski definition) is 7. The zero-order chi connectivity index (χ0) is 19.2. The first-order chi connectivity index (χ1) is 13.0. The minimum absolute atomic E-state index is 0.0914. The summed E-state index contributed by atoms with van der Waals surface area (Å²) in [5.41, 5.74) is -0.190. The predicted octanol–water partition coefficient (Wildman–Crippen LogP) is 1.57. The second-order valence-electron chi connectivity index (χ2n) is 5.36. The van der Waals surface area contributed by atoms with Gasteiger partial charge in [-0.2, -0.15) is 0 Å². The number of ether oxygens (including phenoxy) is 1. The second kappa shape index (κ2) is 8.00. The van der Waals surface area contributed by atoms with E-state index in [2.05, 4.69) is 5.32 Å². The summed E-state index contributed by atoms with van der Waals surface area (Å²) in [7, 11) is 0. The number of para-hydroxylation sites is 1. The number of urea groups is 1. The molecule has 0 bridgehead atoms. The van der Waals surface area contributed by atoms with Gasteiger partial charge in [0.05, 0.1) is 18.2 Å². The molecule has 3 aromatic rings. The number of amides is 3. The normalized spacial score (nSPS) is 10.4. The van der Waals surface area contributed by atoms with Crippen LogP contribution in [-0.4, -0.2) is 24.5 Å². The van der Waals surface area contributed by atoms with Crippen LogP contribution in [0.15, 0.2) is 62.4 Å². The van der Waals surface area contributed by atoms with Gasteiger partial charge < -0.3 is 18.9 Å². The lowest BCUT2D eigenvalue weighted by molar-refractivity contribution is -0.123. The number of fused-ring (bicyclic) bond motifs is 1. The van der Waals surface area contributed by atoms with Crippen molar-refractivity contribution in [1.29, 1.82) is 0 Å². The summed E-state index contributed by atoms with van der Waals surface area (Å²) < 4.78 is 15.1. The maximum Gasteiger partial charge on any atom is 0.374 e. The monoisotopic (exact) mass is 370 g/mol. The summed E-state index contributed by atoms with van der Waals surface area (Å²) in [5.74, 6) is -1.67. The molecule has 9 heteroatoms. The van der Waals surface area contributed by atoms with Crippen molar-refractivity contribution in [3.8, 4) is 0 Å². The third-order valence-corrected chi connectivity index (χ3v) is 3.43. The minimum atomic E-state index is -0.996. The van der Waals surface area contributed by atoms with Gasteiger partial charge in [0.1, 0.15) is 11.3 Å². The average molecular weight is 370 g/mol. The lowest BCUT2D eigenvalue weighted by Crippen LogP contribution is -2.41. The number of nitrogens with one attached hydrogen (secondary N) is 2. The molecule has 2 heterocycles. The SMILES string of the molecule is O=C(COC(=O)c1cc(=O)c2ccccc2o1)NC(=O)NCc1ccco1. The van der Waals surface area contributed by atoms with E-state index in [9.17, 15) is 19.2 Å². The predicted molar refractivity (Wildman–Crippen MR) is 91.9 cm³/mol. The number of esters is 1. The zero-order valence-electron chi connectivity index (χ0n) is 13.9. The van der Waals surface area contributed by atoms with E-state index in [1.807, 2.05) is 5.32 Å². The van der Waals surface area contributed by atoms with Crippen molar-refractivity contribution in [2.24, 2.45) is 0 Å². The Morgan fingerprint density at radius 2 is 1.89 bits per heavy atom. The van der Waals surface area contributed by atoms with E-state index in [4.69, 9.17) is 13.6 Å². The molecule has 9 nitrogen and oxygen atoms in total. The number of hydrogen-bond donors (Lipinski definition) is 2. The first kappa shape index (κ1) is 17.9. The van der Waals surface area contributed by atoms with Gasteiger partial charge in [0.2, 0.25) is 5.76 Å². The molecule has 0 unspecified atom stereocenters. The molecule has 2 aromatic heterocycles. The fourth-order valence-electron chi connectivity index (χ4n) is 2.19. The summed E-state index contributed by atoms with van der Waals surface area (Å²) in [5, 5.41) is 4.71. The highest BCUT2D eigenvalue weighted by Crippen LogP contribution is 2.12. The number of rotatable bonds is 5. The van der Waals surface area contributed by atoms with Crippen molar-refractivity contribution in [3.63, 3.8) is 0 Å². The Labute approximate surface area is 151 Å². The lowest BCUT2D eigenvalue weighted by atomic mass is 10.2. The van der Waals surface area contributed by atoms with Crippen molar-refractivity contribution in [1.82, 2.24) is 10.6 Å². The van der Waals surface area contributed by atoms with Crippen LogP contribution in [0.25, 0.3) is 11.0 Å². The van der Waals surface area contributed by atoms with E-state index >= 15 is 0 Å². The largest absolute Gasteiger partial charge is 0.467 e. The van der Waals surface area contributed by atoms with Crippen LogP contribution in [0.2, 0.25) is 0 Å². The van der Waals surface area contributed by atoms with Gasteiger partial charge in [0.15, 0.2) is 12.0 Å². The van der Waals surface area contributed by atoms with E-state index in [0.717, 1.165) is 6.07 Å². The average Bonchev–Trinajstić information content (AvgIpc) is 3.18. The number of benzene rings is 1. The Kier molecular flexibility index (Phi) is 5.31. The van der Waals surface area contributed by atoms with Crippen molar-refractivity contribution < 1.29 is 28.0 Å². The molecular formula is C18H14N2O7. The highest BCUT2D eigenvalue weighted by Gasteiger charge is 2.16. The van der Waals surface area contributed by atoms with E-state index in [-0.39, 0.29) is 17.9 Å². The van der Waals surface area contributed by atoms with Gasteiger partial charge in [-0.05, 0) is 24.3 Å². The van der Waals surface area contributed by atoms with Crippen LogP contribution in [0.4, 0.5) is 4.79 Å². The second-order valence-corrected chi connectivity index (χ2v) is 5.36. The highest BCUT2D eigenvalue weighted by molar-refractivity contribution is 5.96. The molecule has 0 saturated carbocycles. The zero-order valence-corrected chi connectivity index (χ0v) is 13.9. The fourth-order valence-corrected chi connectivity index (χ4v) is 2.19. The van der Waals surface area contributed by atoms with Crippen LogP contribution >= 0.6 is 0 Å². The molecule has 3 amide bonds. The van der Waals surface area contributed by atoms with Crippen molar-refractivity contribution in [3.05, 3.63) is 70.5 Å². The van der Waals surface area contributed by atoms with Crippen LogP contribution < -0.4 is 16.1 Å². The minimum Gasteiger partial charge on any atom is -0.467 e. The first-order valence-corrected chi connectivity index (χ1v) is 7.83. The van der Waals surface area contributed by atoms with Crippen molar-refractivity contribution in [2.45, 2.75) is 6.54 Å². The van der Waals surface area contributed by atoms with Crippen LogP contribution in [0.5, 0.6) is 0 Å². The van der Waals surface area contributed by atoms with Gasteiger partial charge >= 0.3 is 12.0 Å². The maximum atomic E-state index is 12.0. The molecule has 0 radical (unpaired) electrons. The maximum absolute atomic E-state index is 12.0. The summed E-state index contributed by atoms with van der Waals surface area (Å²) in [6, 6.07) is 9.93. The number of imide groups is 1. The molecule has 0 aliphatic rings. The van der Waals surface area contributed by atoms with Gasteiger partial charge in [0.25, 0.3) is 5.91 Å². The van der Waals surface area contributed by atoms with Crippen molar-refractivity contribution >= 4 is 28.9 Å². The topological polar surface area (TPSA) is 128 Å². The van der Waals surface area contributed by atoms with E-state index in [1.54, 1.807) is 30.3 Å². The number of carbonyl (C=O) groups excluding carboxylic acids is 3. The molecular weight excluding hydrogens is 356 g/mol. The van der Waals surface area contributed by atoms with Gasteiger partial charge in [0, 0.05) is 6.07 Å². The Hall–Kier alpha value is -3.88. The summed E-state index contributed by atoms with van der Waals surface area (Å²) in [6.07, 6.45) is 1.45. The molecule has 0 saturated heterocycles. The molecule has 0 fully saturated rings. The molecule has 1 aromatic carbocycles. The van der Waals surface area contributed by atoms with Gasteiger partial charge in [-0.1, -0.05) is 12.1 Å². The Balaban J connectivity index is 1.52. The quantitative estimate of drug-likeness (QED) is 0.652. The summed E-state index contributed by atoms with van der Waals surface area (Å²) in [4.78, 5) is 47.1. The van der Waals surface area contributed by atoms with Crippen LogP contribution in [0, 0.1) is 0 Å². The molecule has 0 spiro atoms. The Morgan fingerprint density at radius 1 is 1.07 bits per heavy atom. The van der Waals surface area contributed by atoms with Crippen LogP contribution in [-0.2, 0) is 16.1 Å². The van der Waals surface area contributed by atoms with E-state index in [1.165, 1.54) is 12.3 Å². The lowest BCUT2D eigenvalue weighted by Gasteiger charge is -2.06. The van der Waals surface area contributed by atoms with Crippen molar-refractivity contribution in [2.75, 3.05) is 6.61 Å². The Morgan fingerprint density at radius 3 is 2.67 bits per heavy atom. The molecule has 3 rings (SSSR count). The van der Waals surface area contributed by atoms with Gasteiger partial charge in [-0.25, -0.2) is 9.59 Å². The molecule has 0 aliphatic heterocycles. The van der Waals surface area contributed by atoms with Gasteiger partial charge in [-0.3, -0.25) is 14.9 Å². The molecule has 2 N–H and O–H groups in total. The molecule has 0 aliphatic carbocycles. The molecule has 138 valence electrons. The number of furan rings is 1. The fraction of sp³-hybridized carbons (Fsp3) is 0.111. The molecule has 27 heavy (non-hydrogen) atoms. The van der Waals surface area contributed by atoms with E-state index < -0.39 is 29.9 Å². The van der Waals surface area contributed by atoms with Crippen LogP contribution in [0.1, 0.15) is 16.3 Å². The molecule has 0 atom stereocenters. The Bertz CT molecular complexity index is 1040. The highest BCUT2D eigenvalue weighted by atomic mass is 16.5. The van der Waals surface area contributed by atoms with Crippen LogP contribution in [0.3, 0.4) is 0 Å². The van der Waals surface area contributed by atoms with Gasteiger partial charge in [-0.15, -0.1) is 0 Å². The summed E-state index contributed by atoms with van der Waals surface area (Å²) in [6.45, 7) is -0.627. The van der Waals surface area contributed by atoms with E-state index in [0.29, 0.717) is 11.1 Å². The standard InChI is InChI=1S/C18H14N2O7/c21-13-8-15(27-14-6-2-1-5-12(13)14)17(23)26-10-16(22)20-18(24)19-9-11-4-3-7-25-11/h1-8H,9-10H2,(H2,19,20,22,24). The summed E-state index contributed by atoms with van der Waals surface area (Å²) >= 11 is 0. The first-order valence-electron chi connectivity index (χ1n) is 7.83. The smallest absolute Gasteiger partial charge is 0.374 e.